The zero-order valence-corrected chi connectivity index (χ0v) is 17.4. The smallest absolute Gasteiger partial charge is 0.490 e. The van der Waals surface area contributed by atoms with E-state index in [1.807, 2.05) is 44.2 Å². The van der Waals surface area contributed by atoms with Gasteiger partial charge in [-0.25, -0.2) is 0 Å². The van der Waals surface area contributed by atoms with Crippen LogP contribution in [0.2, 0.25) is 0 Å². The predicted molar refractivity (Wildman–Crippen MR) is 112 cm³/mol. The summed E-state index contributed by atoms with van der Waals surface area (Å²) in [6.45, 7) is 3.90. The molecule has 0 fully saturated rings. The Hall–Kier alpha value is -1.63. The van der Waals surface area contributed by atoms with E-state index < -0.39 is 7.12 Å². The van der Waals surface area contributed by atoms with E-state index in [0.717, 1.165) is 14.2 Å². The van der Waals surface area contributed by atoms with Gasteiger partial charge in [0.05, 0.1) is 15.5 Å². The molecule has 26 heavy (non-hydrogen) atoms. The maximum absolute atomic E-state index is 9.17. The van der Waals surface area contributed by atoms with Crippen LogP contribution in [0.1, 0.15) is 19.4 Å². The van der Waals surface area contributed by atoms with Gasteiger partial charge in [-0.15, -0.1) is 11.3 Å². The van der Waals surface area contributed by atoms with Gasteiger partial charge in [-0.05, 0) is 71.1 Å². The van der Waals surface area contributed by atoms with Gasteiger partial charge in [0.2, 0.25) is 0 Å². The molecule has 0 aliphatic heterocycles. The van der Waals surface area contributed by atoms with E-state index in [0.29, 0.717) is 16.1 Å². The molecule has 4 nitrogen and oxygen atoms in total. The van der Waals surface area contributed by atoms with Crippen LogP contribution >= 0.6 is 38.6 Å². The number of halogens is 1. The molecule has 8 heteroatoms. The standard InChI is InChI=1S/C14H12BrNOS.C4H5BO2S/c1-9(2)17-12-4-3-10(7-11(12)8-16)13-5-6-14(15)18-13;6-5(7)4-2-1-3-8-4/h3-7,9H,1-2H3;1-3,6-7H. The summed E-state index contributed by atoms with van der Waals surface area (Å²) >= 11 is 6.42. The summed E-state index contributed by atoms with van der Waals surface area (Å²) in [4.78, 5) is 1.13. The second-order valence-corrected chi connectivity index (χ2v) is 8.92. The molecule has 0 bridgehead atoms. The Morgan fingerprint density at radius 1 is 1.19 bits per heavy atom. The molecule has 0 spiro atoms. The number of rotatable bonds is 4. The monoisotopic (exact) mass is 449 g/mol. The zero-order chi connectivity index (χ0) is 19.1. The van der Waals surface area contributed by atoms with Gasteiger partial charge >= 0.3 is 7.12 Å². The number of hydrogen-bond donors (Lipinski definition) is 2. The molecular formula is C18H17BBrNO3S2. The highest BCUT2D eigenvalue weighted by Gasteiger charge is 2.10. The van der Waals surface area contributed by atoms with Gasteiger partial charge in [-0.3, -0.25) is 0 Å². The van der Waals surface area contributed by atoms with Crippen molar-refractivity contribution in [3.63, 3.8) is 0 Å². The van der Waals surface area contributed by atoms with Crippen molar-refractivity contribution in [1.82, 2.24) is 0 Å². The largest absolute Gasteiger partial charge is 0.499 e. The Balaban J connectivity index is 0.000000254. The maximum Gasteiger partial charge on any atom is 0.499 e. The van der Waals surface area contributed by atoms with Crippen molar-refractivity contribution >= 4 is 50.5 Å². The Morgan fingerprint density at radius 3 is 2.42 bits per heavy atom. The molecule has 3 aromatic rings. The summed E-state index contributed by atoms with van der Waals surface area (Å²) in [5.41, 5.74) is 1.61. The van der Waals surface area contributed by atoms with Crippen LogP contribution in [0.3, 0.4) is 0 Å². The lowest BCUT2D eigenvalue weighted by Crippen LogP contribution is -2.26. The molecule has 2 aromatic heterocycles. The van der Waals surface area contributed by atoms with Crippen molar-refractivity contribution in [3.8, 4) is 22.3 Å². The van der Waals surface area contributed by atoms with E-state index in [4.69, 9.17) is 14.8 Å². The van der Waals surface area contributed by atoms with Gasteiger partial charge in [0, 0.05) is 9.65 Å². The van der Waals surface area contributed by atoms with Crippen LogP contribution in [0.4, 0.5) is 0 Å². The van der Waals surface area contributed by atoms with Gasteiger partial charge in [0.25, 0.3) is 0 Å². The van der Waals surface area contributed by atoms with Crippen molar-refractivity contribution in [2.45, 2.75) is 20.0 Å². The minimum absolute atomic E-state index is 0.0684. The molecule has 0 aliphatic rings. The SMILES string of the molecule is CC(C)Oc1ccc(-c2ccc(Br)s2)cc1C#N.OB(O)c1cccs1. The summed E-state index contributed by atoms with van der Waals surface area (Å²) in [7, 11) is -1.30. The second-order valence-electron chi connectivity index (χ2n) is 5.48. The normalized spacial score (nSPS) is 10.0. The number of nitriles is 1. The highest BCUT2D eigenvalue weighted by molar-refractivity contribution is 9.11. The maximum atomic E-state index is 9.17. The third kappa shape index (κ3) is 5.97. The number of nitrogens with zero attached hydrogens (tertiary/aromatic N) is 1. The fraction of sp³-hybridized carbons (Fsp3) is 0.167. The third-order valence-corrected chi connectivity index (χ3v) is 5.70. The second kappa shape index (κ2) is 9.90. The Bertz CT molecular complexity index is 873. The molecule has 0 radical (unpaired) electrons. The van der Waals surface area contributed by atoms with Crippen LogP contribution in [0.15, 0.2) is 51.6 Å². The Labute approximate surface area is 169 Å². The first-order valence-electron chi connectivity index (χ1n) is 7.76. The molecule has 2 heterocycles. The van der Waals surface area contributed by atoms with Gasteiger partial charge in [0.1, 0.15) is 11.8 Å². The van der Waals surface area contributed by atoms with Crippen molar-refractivity contribution in [3.05, 3.63) is 57.2 Å². The number of benzene rings is 1. The van der Waals surface area contributed by atoms with E-state index in [1.165, 1.54) is 11.3 Å². The first kappa shape index (κ1) is 20.7. The van der Waals surface area contributed by atoms with Gasteiger partial charge in [-0.1, -0.05) is 12.1 Å². The first-order chi connectivity index (χ1) is 12.4. The summed E-state index contributed by atoms with van der Waals surface area (Å²) in [6, 6.07) is 15.4. The molecule has 0 saturated heterocycles. The number of hydrogen-bond acceptors (Lipinski definition) is 6. The van der Waals surface area contributed by atoms with E-state index in [2.05, 4.69) is 22.0 Å². The van der Waals surface area contributed by atoms with Crippen molar-refractivity contribution in [2.24, 2.45) is 0 Å². The van der Waals surface area contributed by atoms with Gasteiger partial charge in [-0.2, -0.15) is 16.6 Å². The predicted octanol–water partition coefficient (Wildman–Crippen LogP) is 4.26. The molecule has 0 saturated carbocycles. The molecule has 1 aromatic carbocycles. The fourth-order valence-electron chi connectivity index (χ4n) is 2.03. The van der Waals surface area contributed by atoms with Gasteiger partial charge < -0.3 is 14.8 Å². The van der Waals surface area contributed by atoms with Gasteiger partial charge in [0.15, 0.2) is 0 Å². The molecular weight excluding hydrogens is 433 g/mol. The van der Waals surface area contributed by atoms with E-state index >= 15 is 0 Å². The van der Waals surface area contributed by atoms with E-state index in [-0.39, 0.29) is 6.10 Å². The molecule has 3 rings (SSSR count). The van der Waals surface area contributed by atoms with Crippen molar-refractivity contribution in [1.29, 1.82) is 5.26 Å². The highest BCUT2D eigenvalue weighted by Crippen LogP contribution is 2.33. The lowest BCUT2D eigenvalue weighted by Gasteiger charge is -2.11. The van der Waals surface area contributed by atoms with E-state index in [9.17, 15) is 5.26 Å². The summed E-state index contributed by atoms with van der Waals surface area (Å²) in [6.07, 6.45) is 0.0684. The first-order valence-corrected chi connectivity index (χ1v) is 10.3. The number of thiophene rings is 2. The van der Waals surface area contributed by atoms with Crippen molar-refractivity contribution < 1.29 is 14.8 Å². The minimum Gasteiger partial charge on any atom is -0.490 e. The van der Waals surface area contributed by atoms with E-state index in [1.54, 1.807) is 28.8 Å². The third-order valence-electron chi connectivity index (χ3n) is 3.12. The van der Waals surface area contributed by atoms with Crippen LogP contribution < -0.4 is 9.51 Å². The fourth-order valence-corrected chi connectivity index (χ4v) is 4.01. The average molecular weight is 450 g/mol. The topological polar surface area (TPSA) is 73.5 Å². The molecule has 0 aliphatic carbocycles. The molecule has 0 atom stereocenters. The molecule has 0 unspecified atom stereocenters. The van der Waals surface area contributed by atoms with Crippen LogP contribution in [0.25, 0.3) is 10.4 Å². The summed E-state index contributed by atoms with van der Waals surface area (Å²) < 4.78 is 7.27. The van der Waals surface area contributed by atoms with Crippen molar-refractivity contribution in [2.75, 3.05) is 0 Å². The lowest BCUT2D eigenvalue weighted by molar-refractivity contribution is 0.242. The van der Waals surface area contributed by atoms with Crippen LogP contribution in [-0.4, -0.2) is 23.3 Å². The molecule has 0 amide bonds. The Morgan fingerprint density at radius 2 is 1.96 bits per heavy atom. The minimum atomic E-state index is -1.30. The highest BCUT2D eigenvalue weighted by atomic mass is 79.9. The average Bonchev–Trinajstić information content (AvgIpc) is 3.27. The number of ether oxygens (including phenoxy) is 1. The van der Waals surface area contributed by atoms with Crippen LogP contribution in [0, 0.1) is 11.3 Å². The van der Waals surface area contributed by atoms with Crippen LogP contribution in [0.5, 0.6) is 5.75 Å². The Kier molecular flexibility index (Phi) is 7.88. The summed E-state index contributed by atoms with van der Waals surface area (Å²) in [5, 5.41) is 27.9. The molecule has 134 valence electrons. The molecule has 2 N–H and O–H groups in total. The quantitative estimate of drug-likeness (QED) is 0.583. The van der Waals surface area contributed by atoms with Crippen LogP contribution in [-0.2, 0) is 0 Å². The zero-order valence-electron chi connectivity index (χ0n) is 14.2. The lowest BCUT2D eigenvalue weighted by atomic mass is 9.90. The summed E-state index contributed by atoms with van der Waals surface area (Å²) in [5.74, 6) is 0.645.